The van der Waals surface area contributed by atoms with Gasteiger partial charge in [0.05, 0.1) is 12.7 Å². The van der Waals surface area contributed by atoms with E-state index in [9.17, 15) is 0 Å². The van der Waals surface area contributed by atoms with Crippen LogP contribution in [0.15, 0.2) is 0 Å². The van der Waals surface area contributed by atoms with Gasteiger partial charge in [-0.3, -0.25) is 0 Å². The van der Waals surface area contributed by atoms with E-state index in [0.717, 1.165) is 32.3 Å². The van der Waals surface area contributed by atoms with Gasteiger partial charge in [-0.2, -0.15) is 0 Å². The maximum atomic E-state index is 5.78. The molecule has 0 aliphatic carbocycles. The maximum Gasteiger partial charge on any atom is 0.0589 e. The van der Waals surface area contributed by atoms with E-state index in [1.165, 1.54) is 38.5 Å². The predicted octanol–water partition coefficient (Wildman–Crippen LogP) is 2.35. The SMILES string of the molecule is CCCC1CC(NCC2CCCOC2)CCO1. The van der Waals surface area contributed by atoms with Crippen molar-refractivity contribution in [2.75, 3.05) is 26.4 Å². The molecule has 2 heterocycles. The summed E-state index contributed by atoms with van der Waals surface area (Å²) in [6.07, 6.45) is 7.87. The highest BCUT2D eigenvalue weighted by Gasteiger charge is 2.22. The Morgan fingerprint density at radius 1 is 1.24 bits per heavy atom. The molecule has 17 heavy (non-hydrogen) atoms. The molecule has 0 amide bonds. The van der Waals surface area contributed by atoms with Crippen LogP contribution in [0.4, 0.5) is 0 Å². The van der Waals surface area contributed by atoms with Crippen molar-refractivity contribution in [3.8, 4) is 0 Å². The van der Waals surface area contributed by atoms with Crippen LogP contribution >= 0.6 is 0 Å². The lowest BCUT2D eigenvalue weighted by atomic mass is 9.98. The van der Waals surface area contributed by atoms with Crippen LogP contribution in [0.5, 0.6) is 0 Å². The lowest BCUT2D eigenvalue weighted by molar-refractivity contribution is -0.00599. The minimum absolute atomic E-state index is 0.494. The second kappa shape index (κ2) is 7.34. The van der Waals surface area contributed by atoms with Gasteiger partial charge in [0.25, 0.3) is 0 Å². The summed E-state index contributed by atoms with van der Waals surface area (Å²) >= 11 is 0. The first-order valence-electron chi connectivity index (χ1n) is 7.31. The van der Waals surface area contributed by atoms with Crippen molar-refractivity contribution >= 4 is 0 Å². The Labute approximate surface area is 105 Å². The molecule has 0 saturated carbocycles. The molecule has 0 bridgehead atoms. The van der Waals surface area contributed by atoms with E-state index in [-0.39, 0.29) is 0 Å². The van der Waals surface area contributed by atoms with Gasteiger partial charge in [-0.25, -0.2) is 0 Å². The number of hydrogen-bond acceptors (Lipinski definition) is 3. The zero-order valence-electron chi connectivity index (χ0n) is 11.1. The largest absolute Gasteiger partial charge is 0.381 e. The fourth-order valence-corrected chi connectivity index (χ4v) is 2.89. The van der Waals surface area contributed by atoms with E-state index in [1.54, 1.807) is 0 Å². The molecule has 2 saturated heterocycles. The third-order valence-corrected chi connectivity index (χ3v) is 3.93. The van der Waals surface area contributed by atoms with Gasteiger partial charge in [0.15, 0.2) is 0 Å². The van der Waals surface area contributed by atoms with Crippen LogP contribution in [-0.4, -0.2) is 38.5 Å². The molecule has 3 heteroatoms. The van der Waals surface area contributed by atoms with Crippen molar-refractivity contribution in [2.45, 2.75) is 57.6 Å². The summed E-state index contributed by atoms with van der Waals surface area (Å²) in [5, 5.41) is 3.72. The molecular weight excluding hydrogens is 214 g/mol. The van der Waals surface area contributed by atoms with Gasteiger partial charge < -0.3 is 14.8 Å². The van der Waals surface area contributed by atoms with E-state index < -0.39 is 0 Å². The number of rotatable bonds is 5. The van der Waals surface area contributed by atoms with Crippen molar-refractivity contribution in [1.82, 2.24) is 5.32 Å². The smallest absolute Gasteiger partial charge is 0.0589 e. The van der Waals surface area contributed by atoms with Crippen LogP contribution in [0.25, 0.3) is 0 Å². The van der Waals surface area contributed by atoms with Crippen LogP contribution < -0.4 is 5.32 Å². The van der Waals surface area contributed by atoms with E-state index in [1.807, 2.05) is 0 Å². The molecule has 100 valence electrons. The normalized spacial score (nSPS) is 34.8. The van der Waals surface area contributed by atoms with Crippen molar-refractivity contribution in [3.05, 3.63) is 0 Å². The Morgan fingerprint density at radius 2 is 2.18 bits per heavy atom. The van der Waals surface area contributed by atoms with E-state index in [4.69, 9.17) is 9.47 Å². The maximum absolute atomic E-state index is 5.78. The molecule has 3 nitrogen and oxygen atoms in total. The Kier molecular flexibility index (Phi) is 5.75. The van der Waals surface area contributed by atoms with Crippen molar-refractivity contribution in [1.29, 1.82) is 0 Å². The molecule has 2 fully saturated rings. The van der Waals surface area contributed by atoms with Gasteiger partial charge in [0.2, 0.25) is 0 Å². The minimum atomic E-state index is 0.494. The molecule has 1 N–H and O–H groups in total. The predicted molar refractivity (Wildman–Crippen MR) is 69.2 cm³/mol. The van der Waals surface area contributed by atoms with Gasteiger partial charge in [0, 0.05) is 25.8 Å². The molecule has 0 aromatic carbocycles. The molecule has 0 radical (unpaired) electrons. The highest BCUT2D eigenvalue weighted by atomic mass is 16.5. The molecular formula is C14H27NO2. The highest BCUT2D eigenvalue weighted by molar-refractivity contribution is 4.78. The standard InChI is InChI=1S/C14H27NO2/c1-2-4-14-9-13(6-8-17-14)15-10-12-5-3-7-16-11-12/h12-15H,2-11H2,1H3. The van der Waals surface area contributed by atoms with E-state index in [2.05, 4.69) is 12.2 Å². The second-order valence-corrected chi connectivity index (χ2v) is 5.49. The van der Waals surface area contributed by atoms with Gasteiger partial charge in [-0.1, -0.05) is 13.3 Å². The molecule has 3 unspecified atom stereocenters. The van der Waals surface area contributed by atoms with Crippen LogP contribution in [0, 0.1) is 5.92 Å². The lowest BCUT2D eigenvalue weighted by Gasteiger charge is -2.32. The summed E-state index contributed by atoms with van der Waals surface area (Å²) in [6, 6.07) is 0.669. The Morgan fingerprint density at radius 3 is 2.94 bits per heavy atom. The monoisotopic (exact) mass is 241 g/mol. The zero-order valence-corrected chi connectivity index (χ0v) is 11.1. The van der Waals surface area contributed by atoms with Crippen LogP contribution in [0.3, 0.4) is 0 Å². The Hall–Kier alpha value is -0.120. The molecule has 0 spiro atoms. The average molecular weight is 241 g/mol. The van der Waals surface area contributed by atoms with Gasteiger partial charge in [-0.05, 0) is 38.0 Å². The molecule has 2 rings (SSSR count). The summed E-state index contributed by atoms with van der Waals surface area (Å²) in [5.41, 5.74) is 0. The third kappa shape index (κ3) is 4.57. The highest BCUT2D eigenvalue weighted by Crippen LogP contribution is 2.19. The minimum Gasteiger partial charge on any atom is -0.381 e. The molecule has 3 atom stereocenters. The van der Waals surface area contributed by atoms with Gasteiger partial charge in [0.1, 0.15) is 0 Å². The van der Waals surface area contributed by atoms with Gasteiger partial charge >= 0.3 is 0 Å². The van der Waals surface area contributed by atoms with Crippen molar-refractivity contribution in [2.24, 2.45) is 5.92 Å². The summed E-state index contributed by atoms with van der Waals surface area (Å²) < 4.78 is 11.3. The van der Waals surface area contributed by atoms with Crippen molar-refractivity contribution < 1.29 is 9.47 Å². The first-order chi connectivity index (χ1) is 8.38. The molecule has 2 aliphatic rings. The third-order valence-electron chi connectivity index (χ3n) is 3.93. The number of nitrogens with one attached hydrogen (secondary N) is 1. The fourth-order valence-electron chi connectivity index (χ4n) is 2.89. The fraction of sp³-hybridized carbons (Fsp3) is 1.00. The molecule has 0 aromatic rings. The van der Waals surface area contributed by atoms with E-state index >= 15 is 0 Å². The Balaban J connectivity index is 1.64. The second-order valence-electron chi connectivity index (χ2n) is 5.49. The van der Waals surface area contributed by atoms with Gasteiger partial charge in [-0.15, -0.1) is 0 Å². The summed E-state index contributed by atoms with van der Waals surface area (Å²) in [5.74, 6) is 0.733. The van der Waals surface area contributed by atoms with Crippen LogP contribution in [0.1, 0.15) is 45.4 Å². The first-order valence-corrected chi connectivity index (χ1v) is 7.31. The zero-order chi connectivity index (χ0) is 11.9. The number of ether oxygens (including phenoxy) is 2. The quantitative estimate of drug-likeness (QED) is 0.801. The van der Waals surface area contributed by atoms with Crippen LogP contribution in [0.2, 0.25) is 0 Å². The topological polar surface area (TPSA) is 30.5 Å². The summed E-state index contributed by atoms with van der Waals surface area (Å²) in [4.78, 5) is 0. The van der Waals surface area contributed by atoms with E-state index in [0.29, 0.717) is 12.1 Å². The number of hydrogen-bond donors (Lipinski definition) is 1. The first kappa shape index (κ1) is 13.3. The summed E-state index contributed by atoms with van der Waals surface area (Å²) in [7, 11) is 0. The summed E-state index contributed by atoms with van der Waals surface area (Å²) in [6.45, 7) is 6.22. The molecule has 2 aliphatic heterocycles. The lowest BCUT2D eigenvalue weighted by Crippen LogP contribution is -2.42. The van der Waals surface area contributed by atoms with Crippen LogP contribution in [-0.2, 0) is 9.47 Å². The van der Waals surface area contributed by atoms with Crippen molar-refractivity contribution in [3.63, 3.8) is 0 Å². The molecule has 0 aromatic heterocycles. The average Bonchev–Trinajstić information content (AvgIpc) is 2.39. The Bertz CT molecular complexity index is 202.